The molecule has 0 aliphatic rings. The van der Waals surface area contributed by atoms with Crippen molar-refractivity contribution in [3.63, 3.8) is 0 Å². The van der Waals surface area contributed by atoms with Gasteiger partial charge in [-0.2, -0.15) is 0 Å². The van der Waals surface area contributed by atoms with Crippen molar-refractivity contribution in [1.29, 1.82) is 0 Å². The fraction of sp³-hybridized carbons (Fsp3) is 0.667. The molecule has 0 aliphatic heterocycles. The first-order valence-corrected chi connectivity index (χ1v) is 3.54. The topological polar surface area (TPSA) is 107 Å². The molecule has 0 radical (unpaired) electrons. The van der Waals surface area contributed by atoms with Crippen molar-refractivity contribution in [3.8, 4) is 0 Å². The molecule has 0 rings (SSSR count). The highest BCUT2D eigenvalue weighted by atomic mass is 16.5. The zero-order valence-electron chi connectivity index (χ0n) is 6.71. The molecule has 12 heavy (non-hydrogen) atoms. The molecule has 0 aliphatic carbocycles. The van der Waals surface area contributed by atoms with Crippen LogP contribution in [0.4, 0.5) is 4.79 Å². The standard InChI is InChI=1S/C6H13N3O3/c7-5(10)1-2-9-3-4-12-6(8)11/h9H,1-4H2,(H2,7,10)(H2,8,11). The third-order valence-electron chi connectivity index (χ3n) is 1.07. The Kier molecular flexibility index (Phi) is 5.72. The van der Waals surface area contributed by atoms with E-state index in [1.165, 1.54) is 0 Å². The number of rotatable bonds is 6. The molecule has 6 heteroatoms. The van der Waals surface area contributed by atoms with E-state index in [2.05, 4.69) is 10.1 Å². The second kappa shape index (κ2) is 6.41. The summed E-state index contributed by atoms with van der Waals surface area (Å²) >= 11 is 0. The number of amides is 2. The number of ether oxygens (including phenoxy) is 1. The van der Waals surface area contributed by atoms with Crippen LogP contribution < -0.4 is 16.8 Å². The van der Waals surface area contributed by atoms with E-state index >= 15 is 0 Å². The van der Waals surface area contributed by atoms with Crippen molar-refractivity contribution in [2.75, 3.05) is 19.7 Å². The Labute approximate surface area is 70.2 Å². The first-order chi connectivity index (χ1) is 5.63. The number of nitrogens with two attached hydrogens (primary N) is 2. The van der Waals surface area contributed by atoms with Gasteiger partial charge in [-0.15, -0.1) is 0 Å². The minimum Gasteiger partial charge on any atom is -0.448 e. The molecular formula is C6H13N3O3. The van der Waals surface area contributed by atoms with Crippen LogP contribution in [0.5, 0.6) is 0 Å². The van der Waals surface area contributed by atoms with Crippen molar-refractivity contribution in [2.45, 2.75) is 6.42 Å². The molecule has 70 valence electrons. The lowest BCUT2D eigenvalue weighted by Gasteiger charge is -2.02. The van der Waals surface area contributed by atoms with Gasteiger partial charge >= 0.3 is 6.09 Å². The second-order valence-corrected chi connectivity index (χ2v) is 2.13. The van der Waals surface area contributed by atoms with Gasteiger partial charge in [0.2, 0.25) is 5.91 Å². The Morgan fingerprint density at radius 1 is 1.25 bits per heavy atom. The molecule has 5 N–H and O–H groups in total. The van der Waals surface area contributed by atoms with Crippen LogP contribution in [0.25, 0.3) is 0 Å². The number of nitrogens with one attached hydrogen (secondary N) is 1. The maximum Gasteiger partial charge on any atom is 0.404 e. The molecule has 0 aromatic heterocycles. The van der Waals surface area contributed by atoms with Crippen molar-refractivity contribution in [2.24, 2.45) is 11.5 Å². The summed E-state index contributed by atoms with van der Waals surface area (Å²) in [5.74, 6) is -0.363. The number of carbonyl (C=O) groups is 2. The minimum absolute atomic E-state index is 0.202. The van der Waals surface area contributed by atoms with Gasteiger partial charge in [0.1, 0.15) is 6.61 Å². The van der Waals surface area contributed by atoms with E-state index in [4.69, 9.17) is 11.5 Å². The maximum absolute atomic E-state index is 10.2. The van der Waals surface area contributed by atoms with Gasteiger partial charge in [0.25, 0.3) is 0 Å². The second-order valence-electron chi connectivity index (χ2n) is 2.13. The molecule has 0 aromatic carbocycles. The van der Waals surface area contributed by atoms with Gasteiger partial charge in [-0.25, -0.2) is 4.79 Å². The van der Waals surface area contributed by atoms with E-state index in [-0.39, 0.29) is 18.9 Å². The largest absolute Gasteiger partial charge is 0.448 e. The van der Waals surface area contributed by atoms with Gasteiger partial charge < -0.3 is 21.5 Å². The Hall–Kier alpha value is -1.30. The summed E-state index contributed by atoms with van der Waals surface area (Å²) in [6, 6.07) is 0. The average molecular weight is 175 g/mol. The highest BCUT2D eigenvalue weighted by Gasteiger charge is 1.94. The van der Waals surface area contributed by atoms with Crippen LogP contribution in [0, 0.1) is 0 Å². The lowest BCUT2D eigenvalue weighted by Crippen LogP contribution is -2.26. The fourth-order valence-corrected chi connectivity index (χ4v) is 0.560. The van der Waals surface area contributed by atoms with E-state index in [1.807, 2.05) is 0 Å². The van der Waals surface area contributed by atoms with Crippen LogP contribution in [0.15, 0.2) is 0 Å². The molecule has 6 nitrogen and oxygen atoms in total. The smallest absolute Gasteiger partial charge is 0.404 e. The molecule has 0 aromatic rings. The highest BCUT2D eigenvalue weighted by Crippen LogP contribution is 1.74. The van der Waals surface area contributed by atoms with E-state index in [9.17, 15) is 9.59 Å². The lowest BCUT2D eigenvalue weighted by molar-refractivity contribution is -0.117. The Bertz CT molecular complexity index is 142. The van der Waals surface area contributed by atoms with Crippen LogP contribution in [-0.4, -0.2) is 31.7 Å². The van der Waals surface area contributed by atoms with Crippen molar-refractivity contribution >= 4 is 12.0 Å². The SMILES string of the molecule is NC(=O)CCNCCOC(N)=O. The fourth-order valence-electron chi connectivity index (χ4n) is 0.560. The molecule has 0 atom stereocenters. The molecular weight excluding hydrogens is 162 g/mol. The van der Waals surface area contributed by atoms with E-state index in [1.54, 1.807) is 0 Å². The van der Waals surface area contributed by atoms with E-state index in [0.717, 1.165) is 0 Å². The number of hydrogen-bond acceptors (Lipinski definition) is 4. The summed E-state index contributed by atoms with van der Waals surface area (Å²) in [7, 11) is 0. The minimum atomic E-state index is -0.799. The van der Waals surface area contributed by atoms with Crippen LogP contribution in [0.3, 0.4) is 0 Å². The van der Waals surface area contributed by atoms with Crippen molar-refractivity contribution in [1.82, 2.24) is 5.32 Å². The van der Waals surface area contributed by atoms with Gasteiger partial charge in [-0.05, 0) is 0 Å². The molecule has 0 bridgehead atoms. The van der Waals surface area contributed by atoms with Gasteiger partial charge in [0.15, 0.2) is 0 Å². The molecule has 0 spiro atoms. The van der Waals surface area contributed by atoms with Crippen molar-refractivity contribution in [3.05, 3.63) is 0 Å². The molecule has 2 amide bonds. The van der Waals surface area contributed by atoms with Gasteiger partial charge in [-0.1, -0.05) is 0 Å². The molecule has 0 unspecified atom stereocenters. The molecule has 0 fully saturated rings. The predicted octanol–water partition coefficient (Wildman–Crippen LogP) is -1.45. The Morgan fingerprint density at radius 2 is 1.92 bits per heavy atom. The zero-order valence-corrected chi connectivity index (χ0v) is 6.71. The predicted molar refractivity (Wildman–Crippen MR) is 42.2 cm³/mol. The van der Waals surface area contributed by atoms with Crippen molar-refractivity contribution < 1.29 is 14.3 Å². The summed E-state index contributed by atoms with van der Waals surface area (Å²) < 4.78 is 4.41. The monoisotopic (exact) mass is 175 g/mol. The Morgan fingerprint density at radius 3 is 2.42 bits per heavy atom. The zero-order chi connectivity index (χ0) is 9.40. The summed E-state index contributed by atoms with van der Waals surface area (Å²) in [5.41, 5.74) is 9.56. The summed E-state index contributed by atoms with van der Waals surface area (Å²) in [4.78, 5) is 20.3. The number of carbonyl (C=O) groups excluding carboxylic acids is 2. The summed E-state index contributed by atoms with van der Waals surface area (Å²) in [6.45, 7) is 1.15. The van der Waals surface area contributed by atoms with E-state index in [0.29, 0.717) is 13.1 Å². The average Bonchev–Trinajstić information content (AvgIpc) is 1.95. The molecule has 0 saturated heterocycles. The quantitative estimate of drug-likeness (QED) is 0.429. The maximum atomic E-state index is 10.2. The third-order valence-corrected chi connectivity index (χ3v) is 1.07. The lowest BCUT2D eigenvalue weighted by atomic mass is 10.4. The van der Waals surface area contributed by atoms with Crippen LogP contribution in [0.2, 0.25) is 0 Å². The first kappa shape index (κ1) is 10.7. The summed E-state index contributed by atoms with van der Waals surface area (Å²) in [5, 5.41) is 2.84. The van der Waals surface area contributed by atoms with Crippen LogP contribution in [0.1, 0.15) is 6.42 Å². The number of primary amides is 2. The first-order valence-electron chi connectivity index (χ1n) is 3.54. The normalized spacial score (nSPS) is 9.33. The Balaban J connectivity index is 3.01. The summed E-state index contributed by atoms with van der Waals surface area (Å²) in [6.07, 6.45) is -0.525. The van der Waals surface area contributed by atoms with Crippen LogP contribution >= 0.6 is 0 Å². The van der Waals surface area contributed by atoms with E-state index < -0.39 is 6.09 Å². The number of hydrogen-bond donors (Lipinski definition) is 3. The highest BCUT2D eigenvalue weighted by molar-refractivity contribution is 5.73. The third kappa shape index (κ3) is 8.70. The van der Waals surface area contributed by atoms with Crippen LogP contribution in [-0.2, 0) is 9.53 Å². The van der Waals surface area contributed by atoms with Gasteiger partial charge in [0, 0.05) is 19.5 Å². The molecule has 0 saturated carbocycles. The van der Waals surface area contributed by atoms with Gasteiger partial charge in [0.05, 0.1) is 0 Å². The molecule has 0 heterocycles. The van der Waals surface area contributed by atoms with Gasteiger partial charge in [-0.3, -0.25) is 4.79 Å².